The van der Waals surface area contributed by atoms with Crippen LogP contribution in [0.15, 0.2) is 66.7 Å². The minimum Gasteiger partial charge on any atom is -0.336 e. The molecule has 0 aliphatic rings. The van der Waals surface area contributed by atoms with Crippen molar-refractivity contribution in [3.05, 3.63) is 83.4 Å². The Kier molecular flexibility index (Phi) is 8.32. The van der Waals surface area contributed by atoms with Gasteiger partial charge >= 0.3 is 0 Å². The molecule has 4 aromatic rings. The van der Waals surface area contributed by atoms with Gasteiger partial charge in [-0.25, -0.2) is 0 Å². The number of nitrogens with zero attached hydrogens (tertiary/aromatic N) is 1. The van der Waals surface area contributed by atoms with Crippen LogP contribution in [0, 0.1) is 0 Å². The SMILES string of the molecule is CC.CC.CCc1cc(CC)cc(Cn2c3ccccc3c3ccccc32)c1. The maximum absolute atomic E-state index is 2.46. The van der Waals surface area contributed by atoms with Crippen LogP contribution in [0.25, 0.3) is 21.8 Å². The molecule has 0 unspecified atom stereocenters. The van der Waals surface area contributed by atoms with E-state index in [1.54, 1.807) is 0 Å². The molecule has 0 saturated carbocycles. The Morgan fingerprint density at radius 2 is 0.964 bits per heavy atom. The third kappa shape index (κ3) is 4.47. The van der Waals surface area contributed by atoms with E-state index >= 15 is 0 Å². The van der Waals surface area contributed by atoms with E-state index in [1.807, 2.05) is 27.7 Å². The fourth-order valence-corrected chi connectivity index (χ4v) is 3.70. The fraction of sp³-hybridized carbons (Fsp3) is 0.333. The molecule has 28 heavy (non-hydrogen) atoms. The summed E-state index contributed by atoms with van der Waals surface area (Å²) in [5.74, 6) is 0. The van der Waals surface area contributed by atoms with Gasteiger partial charge < -0.3 is 4.57 Å². The Labute approximate surface area is 171 Å². The number of hydrogen-bond acceptors (Lipinski definition) is 0. The zero-order valence-electron chi connectivity index (χ0n) is 18.4. The van der Waals surface area contributed by atoms with E-state index < -0.39 is 0 Å². The molecule has 0 amide bonds. The van der Waals surface area contributed by atoms with Gasteiger partial charge in [0.05, 0.1) is 0 Å². The third-order valence-electron chi connectivity index (χ3n) is 4.95. The van der Waals surface area contributed by atoms with Crippen LogP contribution < -0.4 is 0 Å². The highest BCUT2D eigenvalue weighted by Gasteiger charge is 2.10. The minimum atomic E-state index is 0.925. The predicted octanol–water partition coefficient (Wildman–Crippen LogP) is 8.02. The first kappa shape index (κ1) is 21.8. The van der Waals surface area contributed by atoms with Gasteiger partial charge in [-0.15, -0.1) is 0 Å². The molecule has 3 aromatic carbocycles. The summed E-state index contributed by atoms with van der Waals surface area (Å²) < 4.78 is 2.46. The fourth-order valence-electron chi connectivity index (χ4n) is 3.70. The lowest BCUT2D eigenvalue weighted by Gasteiger charge is -2.11. The van der Waals surface area contributed by atoms with Crippen molar-refractivity contribution < 1.29 is 0 Å². The summed E-state index contributed by atoms with van der Waals surface area (Å²) in [5, 5.41) is 2.69. The van der Waals surface area contributed by atoms with E-state index in [0.29, 0.717) is 0 Å². The Morgan fingerprint density at radius 3 is 1.39 bits per heavy atom. The monoisotopic (exact) mass is 373 g/mol. The minimum absolute atomic E-state index is 0.925. The Balaban J connectivity index is 0.000000660. The van der Waals surface area contributed by atoms with Gasteiger partial charge in [0.1, 0.15) is 0 Å². The van der Waals surface area contributed by atoms with Crippen LogP contribution in [-0.4, -0.2) is 4.57 Å². The van der Waals surface area contributed by atoms with E-state index in [1.165, 1.54) is 38.5 Å². The number of fused-ring (bicyclic) bond motifs is 3. The summed E-state index contributed by atoms with van der Waals surface area (Å²) in [6, 6.07) is 24.5. The van der Waals surface area contributed by atoms with E-state index in [4.69, 9.17) is 0 Å². The van der Waals surface area contributed by atoms with Crippen molar-refractivity contribution in [3.63, 3.8) is 0 Å². The standard InChI is InChI=1S/C23H23N.2C2H6/c1-3-17-13-18(4-2)15-19(14-17)16-24-22-11-7-5-9-20(22)21-10-6-8-12-23(21)24;2*1-2/h5-15H,3-4,16H2,1-2H3;2*1-2H3. The maximum Gasteiger partial charge on any atom is 0.0494 e. The first-order valence-corrected chi connectivity index (χ1v) is 10.9. The number of aromatic nitrogens is 1. The zero-order valence-corrected chi connectivity index (χ0v) is 18.4. The number of aryl methyl sites for hydroxylation is 2. The second kappa shape index (κ2) is 10.7. The van der Waals surface area contributed by atoms with Gasteiger partial charge in [0, 0.05) is 28.4 Å². The van der Waals surface area contributed by atoms with Gasteiger partial charge in [-0.2, -0.15) is 0 Å². The summed E-state index contributed by atoms with van der Waals surface area (Å²) in [6.07, 6.45) is 2.18. The quantitative estimate of drug-likeness (QED) is 0.341. The predicted molar refractivity (Wildman–Crippen MR) is 126 cm³/mol. The lowest BCUT2D eigenvalue weighted by molar-refractivity contribution is 0.862. The second-order valence-electron chi connectivity index (χ2n) is 6.49. The number of para-hydroxylation sites is 2. The summed E-state index contributed by atoms with van der Waals surface area (Å²) >= 11 is 0. The molecule has 0 N–H and O–H groups in total. The van der Waals surface area contributed by atoms with Crippen LogP contribution in [0.3, 0.4) is 0 Å². The van der Waals surface area contributed by atoms with Gasteiger partial charge in [0.15, 0.2) is 0 Å². The average molecular weight is 374 g/mol. The molecule has 0 fully saturated rings. The maximum atomic E-state index is 2.46. The van der Waals surface area contributed by atoms with Crippen molar-refractivity contribution in [1.82, 2.24) is 4.57 Å². The van der Waals surface area contributed by atoms with Crippen LogP contribution in [0.2, 0.25) is 0 Å². The van der Waals surface area contributed by atoms with Gasteiger partial charge in [-0.3, -0.25) is 0 Å². The van der Waals surface area contributed by atoms with Crippen LogP contribution in [-0.2, 0) is 19.4 Å². The van der Waals surface area contributed by atoms with Crippen molar-refractivity contribution in [3.8, 4) is 0 Å². The molecule has 0 saturated heterocycles. The van der Waals surface area contributed by atoms with Gasteiger partial charge in [-0.1, -0.05) is 96.1 Å². The molecule has 1 nitrogen and oxygen atoms in total. The van der Waals surface area contributed by atoms with Crippen molar-refractivity contribution in [2.45, 2.75) is 60.9 Å². The van der Waals surface area contributed by atoms with Crippen LogP contribution >= 0.6 is 0 Å². The van der Waals surface area contributed by atoms with Crippen molar-refractivity contribution in [2.24, 2.45) is 0 Å². The first-order valence-electron chi connectivity index (χ1n) is 10.9. The van der Waals surface area contributed by atoms with E-state index in [0.717, 1.165) is 19.4 Å². The molecule has 0 bridgehead atoms. The van der Waals surface area contributed by atoms with Crippen molar-refractivity contribution in [2.75, 3.05) is 0 Å². The van der Waals surface area contributed by atoms with Crippen molar-refractivity contribution >= 4 is 21.8 Å². The number of hydrogen-bond donors (Lipinski definition) is 0. The molecule has 0 aliphatic carbocycles. The zero-order chi connectivity index (χ0) is 20.5. The topological polar surface area (TPSA) is 4.93 Å². The Morgan fingerprint density at radius 1 is 0.571 bits per heavy atom. The summed E-state index contributed by atoms with van der Waals surface area (Å²) in [7, 11) is 0. The van der Waals surface area contributed by atoms with Gasteiger partial charge in [0.25, 0.3) is 0 Å². The highest BCUT2D eigenvalue weighted by atomic mass is 15.0. The van der Waals surface area contributed by atoms with Crippen LogP contribution in [0.1, 0.15) is 58.2 Å². The highest BCUT2D eigenvalue weighted by molar-refractivity contribution is 6.08. The second-order valence-corrected chi connectivity index (χ2v) is 6.49. The normalized spacial score (nSPS) is 10.2. The summed E-state index contributed by atoms with van der Waals surface area (Å²) in [6.45, 7) is 13.4. The Hall–Kier alpha value is -2.54. The van der Waals surface area contributed by atoms with Gasteiger partial charge in [-0.05, 0) is 41.7 Å². The molecule has 1 heterocycles. The smallest absolute Gasteiger partial charge is 0.0494 e. The largest absolute Gasteiger partial charge is 0.336 e. The van der Waals surface area contributed by atoms with Crippen molar-refractivity contribution in [1.29, 1.82) is 0 Å². The molecule has 1 heteroatoms. The first-order chi connectivity index (χ1) is 13.8. The molecule has 0 spiro atoms. The lowest BCUT2D eigenvalue weighted by atomic mass is 10.0. The molecule has 0 atom stereocenters. The molecule has 0 aliphatic heterocycles. The summed E-state index contributed by atoms with van der Waals surface area (Å²) in [5.41, 5.74) is 6.91. The summed E-state index contributed by atoms with van der Waals surface area (Å²) in [4.78, 5) is 0. The van der Waals surface area contributed by atoms with Crippen LogP contribution in [0.4, 0.5) is 0 Å². The Bertz CT molecular complexity index is 932. The number of benzene rings is 3. The van der Waals surface area contributed by atoms with E-state index in [9.17, 15) is 0 Å². The van der Waals surface area contributed by atoms with E-state index in [2.05, 4.69) is 85.1 Å². The molecular formula is C27H35N. The van der Waals surface area contributed by atoms with Crippen LogP contribution in [0.5, 0.6) is 0 Å². The molecular weight excluding hydrogens is 338 g/mol. The van der Waals surface area contributed by atoms with E-state index in [-0.39, 0.29) is 0 Å². The molecule has 148 valence electrons. The molecule has 1 aromatic heterocycles. The highest BCUT2D eigenvalue weighted by Crippen LogP contribution is 2.29. The molecule has 0 radical (unpaired) electrons. The molecule has 4 rings (SSSR count). The lowest BCUT2D eigenvalue weighted by Crippen LogP contribution is -2.01. The number of rotatable bonds is 4. The third-order valence-corrected chi connectivity index (χ3v) is 4.95. The van der Waals surface area contributed by atoms with Gasteiger partial charge in [0.2, 0.25) is 0 Å². The average Bonchev–Trinajstić information content (AvgIpc) is 3.10.